The maximum absolute atomic E-state index is 4.31. The van der Waals surface area contributed by atoms with Crippen LogP contribution < -0.4 is 0 Å². The van der Waals surface area contributed by atoms with Gasteiger partial charge in [0.05, 0.1) is 11.0 Å². The monoisotopic (exact) mass is 398 g/mol. The number of hydrogen-bond donors (Lipinski definition) is 0. The minimum Gasteiger partial charge on any atom is -0.309 e. The Hall–Kier alpha value is -2.91. The lowest BCUT2D eigenvalue weighted by Crippen LogP contribution is -1.93. The summed E-state index contributed by atoms with van der Waals surface area (Å²) in [5, 5.41) is 2.41. The number of halogens is 1. The Bertz CT molecular complexity index is 1170. The summed E-state index contributed by atoms with van der Waals surface area (Å²) in [7, 11) is 0. The molecular formula is C23H15BrN2. The van der Waals surface area contributed by atoms with Crippen LogP contribution in [0.2, 0.25) is 0 Å². The molecule has 0 aliphatic heterocycles. The highest BCUT2D eigenvalue weighted by molar-refractivity contribution is 9.10. The van der Waals surface area contributed by atoms with Crippen LogP contribution >= 0.6 is 15.9 Å². The number of aromatic nitrogens is 2. The largest absolute Gasteiger partial charge is 0.309 e. The van der Waals surface area contributed by atoms with E-state index in [-0.39, 0.29) is 0 Å². The van der Waals surface area contributed by atoms with Crippen LogP contribution in [0.25, 0.3) is 38.6 Å². The number of nitrogens with zero attached hydrogens (tertiary/aromatic N) is 2. The van der Waals surface area contributed by atoms with E-state index in [1.165, 1.54) is 32.9 Å². The van der Waals surface area contributed by atoms with Crippen molar-refractivity contribution in [2.75, 3.05) is 0 Å². The molecule has 0 N–H and O–H groups in total. The molecule has 2 aromatic heterocycles. The van der Waals surface area contributed by atoms with E-state index in [9.17, 15) is 0 Å². The van der Waals surface area contributed by atoms with E-state index in [0.717, 1.165) is 10.2 Å². The zero-order chi connectivity index (χ0) is 17.5. The molecule has 0 radical (unpaired) electrons. The van der Waals surface area contributed by atoms with Gasteiger partial charge in [-0.05, 0) is 47.5 Å². The molecule has 5 aromatic rings. The Morgan fingerprint density at radius 1 is 0.654 bits per heavy atom. The Morgan fingerprint density at radius 2 is 1.31 bits per heavy atom. The fraction of sp³-hybridized carbons (Fsp3) is 0. The summed E-state index contributed by atoms with van der Waals surface area (Å²) in [6.45, 7) is 0. The highest BCUT2D eigenvalue weighted by atomic mass is 79.9. The number of para-hydroxylation sites is 1. The molecule has 5 rings (SSSR count). The zero-order valence-electron chi connectivity index (χ0n) is 13.9. The van der Waals surface area contributed by atoms with Crippen molar-refractivity contribution in [1.29, 1.82) is 0 Å². The van der Waals surface area contributed by atoms with Crippen LogP contribution in [0.15, 0.2) is 95.7 Å². The van der Waals surface area contributed by atoms with Gasteiger partial charge in [-0.25, -0.2) is 0 Å². The summed E-state index contributed by atoms with van der Waals surface area (Å²) in [5.74, 6) is 0. The van der Waals surface area contributed by atoms with Crippen LogP contribution in [0.3, 0.4) is 0 Å². The van der Waals surface area contributed by atoms with Crippen LogP contribution in [0.5, 0.6) is 0 Å². The fourth-order valence-corrected chi connectivity index (χ4v) is 3.80. The Morgan fingerprint density at radius 3 is 2.08 bits per heavy atom. The van der Waals surface area contributed by atoms with E-state index < -0.39 is 0 Å². The number of pyridine rings is 1. The molecule has 3 aromatic carbocycles. The van der Waals surface area contributed by atoms with E-state index in [2.05, 4.69) is 104 Å². The van der Waals surface area contributed by atoms with Gasteiger partial charge in [-0.15, -0.1) is 0 Å². The molecule has 0 unspecified atom stereocenters. The van der Waals surface area contributed by atoms with Gasteiger partial charge >= 0.3 is 0 Å². The summed E-state index contributed by atoms with van der Waals surface area (Å²) in [4.78, 5) is 4.31. The third-order valence-electron chi connectivity index (χ3n) is 4.78. The lowest BCUT2D eigenvalue weighted by atomic mass is 10.1. The summed E-state index contributed by atoms with van der Waals surface area (Å²) in [6, 6.07) is 27.7. The predicted molar refractivity (Wildman–Crippen MR) is 112 cm³/mol. The van der Waals surface area contributed by atoms with E-state index in [4.69, 9.17) is 0 Å². The SMILES string of the molecule is Brc1ccc(-c2ccc(-n3c4ccccc4c4cnccc43)cc2)cc1. The van der Waals surface area contributed by atoms with Gasteiger partial charge in [-0.3, -0.25) is 4.98 Å². The van der Waals surface area contributed by atoms with E-state index in [1.54, 1.807) is 0 Å². The zero-order valence-corrected chi connectivity index (χ0v) is 15.5. The third-order valence-corrected chi connectivity index (χ3v) is 5.31. The maximum Gasteiger partial charge on any atom is 0.0571 e. The fourth-order valence-electron chi connectivity index (χ4n) is 3.54. The van der Waals surface area contributed by atoms with Crippen molar-refractivity contribution in [3.63, 3.8) is 0 Å². The summed E-state index contributed by atoms with van der Waals surface area (Å²) >= 11 is 3.49. The molecule has 0 atom stereocenters. The molecular weight excluding hydrogens is 384 g/mol. The first-order valence-corrected chi connectivity index (χ1v) is 9.30. The first-order valence-electron chi connectivity index (χ1n) is 8.51. The topological polar surface area (TPSA) is 17.8 Å². The quantitative estimate of drug-likeness (QED) is 0.327. The summed E-state index contributed by atoms with van der Waals surface area (Å²) in [6.07, 6.45) is 3.80. The Kier molecular flexibility index (Phi) is 3.61. The molecule has 0 spiro atoms. The van der Waals surface area contributed by atoms with Gasteiger partial charge < -0.3 is 4.57 Å². The predicted octanol–water partition coefficient (Wildman–Crippen LogP) is 6.61. The molecule has 124 valence electrons. The average molecular weight is 399 g/mol. The minimum absolute atomic E-state index is 1.09. The van der Waals surface area contributed by atoms with E-state index in [0.29, 0.717) is 0 Å². The molecule has 0 bridgehead atoms. The van der Waals surface area contributed by atoms with Gasteiger partial charge in [0, 0.05) is 33.3 Å². The van der Waals surface area contributed by atoms with Crippen LogP contribution in [0.4, 0.5) is 0 Å². The van der Waals surface area contributed by atoms with E-state index >= 15 is 0 Å². The molecule has 0 amide bonds. The molecule has 0 aliphatic rings. The van der Waals surface area contributed by atoms with Gasteiger partial charge in [0.2, 0.25) is 0 Å². The number of hydrogen-bond acceptors (Lipinski definition) is 1. The van der Waals surface area contributed by atoms with Crippen molar-refractivity contribution >= 4 is 37.7 Å². The van der Waals surface area contributed by atoms with Gasteiger partial charge in [0.15, 0.2) is 0 Å². The molecule has 2 nitrogen and oxygen atoms in total. The second-order valence-electron chi connectivity index (χ2n) is 6.30. The summed E-state index contributed by atoms with van der Waals surface area (Å²) in [5.41, 5.74) is 5.96. The smallest absolute Gasteiger partial charge is 0.0571 e. The molecule has 0 saturated heterocycles. The van der Waals surface area contributed by atoms with Crippen molar-refractivity contribution < 1.29 is 0 Å². The van der Waals surface area contributed by atoms with Gasteiger partial charge in [-0.2, -0.15) is 0 Å². The van der Waals surface area contributed by atoms with Crippen molar-refractivity contribution in [3.8, 4) is 16.8 Å². The molecule has 0 aliphatic carbocycles. The van der Waals surface area contributed by atoms with Gasteiger partial charge in [-0.1, -0.05) is 58.4 Å². The minimum atomic E-state index is 1.09. The van der Waals surface area contributed by atoms with Gasteiger partial charge in [0.1, 0.15) is 0 Å². The van der Waals surface area contributed by atoms with Gasteiger partial charge in [0.25, 0.3) is 0 Å². The lowest BCUT2D eigenvalue weighted by Gasteiger charge is -2.09. The van der Waals surface area contributed by atoms with Crippen molar-refractivity contribution in [3.05, 3.63) is 95.7 Å². The Balaban J connectivity index is 1.69. The first kappa shape index (κ1) is 15.4. The van der Waals surface area contributed by atoms with Crippen LogP contribution in [-0.2, 0) is 0 Å². The second kappa shape index (κ2) is 6.11. The molecule has 0 fully saturated rings. The molecule has 2 heterocycles. The van der Waals surface area contributed by atoms with Crippen LogP contribution in [0.1, 0.15) is 0 Å². The Labute approximate surface area is 159 Å². The van der Waals surface area contributed by atoms with Crippen molar-refractivity contribution in [2.45, 2.75) is 0 Å². The van der Waals surface area contributed by atoms with Crippen molar-refractivity contribution in [1.82, 2.24) is 9.55 Å². The first-order chi connectivity index (χ1) is 12.8. The van der Waals surface area contributed by atoms with Crippen LogP contribution in [-0.4, -0.2) is 9.55 Å². The number of fused-ring (bicyclic) bond motifs is 3. The number of rotatable bonds is 2. The second-order valence-corrected chi connectivity index (χ2v) is 7.21. The third kappa shape index (κ3) is 2.44. The van der Waals surface area contributed by atoms with Crippen molar-refractivity contribution in [2.24, 2.45) is 0 Å². The molecule has 0 saturated carbocycles. The highest BCUT2D eigenvalue weighted by Gasteiger charge is 2.11. The maximum atomic E-state index is 4.31. The standard InChI is InChI=1S/C23H15BrN2/c24-18-9-5-16(6-10-18)17-7-11-19(12-8-17)26-22-4-2-1-3-20(22)21-15-25-14-13-23(21)26/h1-15H. The highest BCUT2D eigenvalue weighted by Crippen LogP contribution is 2.32. The average Bonchev–Trinajstić information content (AvgIpc) is 3.03. The summed E-state index contributed by atoms with van der Waals surface area (Å²) < 4.78 is 3.40. The van der Waals surface area contributed by atoms with E-state index in [1.807, 2.05) is 12.4 Å². The normalized spacial score (nSPS) is 11.3. The van der Waals surface area contributed by atoms with Crippen LogP contribution in [0, 0.1) is 0 Å². The number of benzene rings is 3. The molecule has 3 heteroatoms. The lowest BCUT2D eigenvalue weighted by molar-refractivity contribution is 1.17. The molecule has 26 heavy (non-hydrogen) atoms.